The molecule has 0 aromatic heterocycles. The average molecular weight is 373 g/mol. The van der Waals surface area contributed by atoms with Crippen LogP contribution >= 0.6 is 0 Å². The zero-order valence-electron chi connectivity index (χ0n) is 4.24. The van der Waals surface area contributed by atoms with E-state index in [1.54, 1.807) is 0 Å². The second kappa shape index (κ2) is 6.45. The molecule has 4 heteroatoms. The Labute approximate surface area is 83.1 Å². The summed E-state index contributed by atoms with van der Waals surface area (Å²) in [7, 11) is 0. The second-order valence-electron chi connectivity index (χ2n) is 0.988. The fraction of sp³-hybridized carbons (Fsp3) is 0. The third-order valence-corrected chi connectivity index (χ3v) is 3.90. The summed E-state index contributed by atoms with van der Waals surface area (Å²) in [6.45, 7) is 0. The van der Waals surface area contributed by atoms with Crippen LogP contribution in [0.25, 0.3) is 0 Å². The van der Waals surface area contributed by atoms with Crippen molar-refractivity contribution in [2.24, 2.45) is 0 Å². The molecule has 36 valence electrons. The Morgan fingerprint density at radius 3 is 2.12 bits per heavy atom. The summed E-state index contributed by atoms with van der Waals surface area (Å²) in [6, 6.07) is 0. The van der Waals surface area contributed by atoms with E-state index < -0.39 is 22.8 Å². The standard InChI is InChI=1S/C4H3O.Al.Bi.Ga/c1-2-3-4-5;;;/h1-2,4H;;;. The van der Waals surface area contributed by atoms with Gasteiger partial charge in [-0.15, -0.1) is 0 Å². The van der Waals surface area contributed by atoms with Crippen LogP contribution in [0.1, 0.15) is 0 Å². The Balaban J connectivity index is 0. The van der Waals surface area contributed by atoms with Gasteiger partial charge in [-0.2, -0.15) is 0 Å². The molecule has 8 heavy (non-hydrogen) atoms. The first-order chi connectivity index (χ1) is 2.93. The predicted octanol–water partition coefficient (Wildman–Crippen LogP) is -1.17. The zero-order valence-corrected chi connectivity index (χ0v) is 11.3. The third-order valence-electron chi connectivity index (χ3n) is 0.590. The van der Waals surface area contributed by atoms with Crippen LogP contribution in [-0.4, -0.2) is 69.4 Å². The van der Waals surface area contributed by atoms with Gasteiger partial charge in [-0.05, 0) is 0 Å². The first kappa shape index (κ1) is 12.1. The molecule has 0 fully saturated rings. The first-order valence-electron chi connectivity index (χ1n) is 1.63. The maximum absolute atomic E-state index is 9.74. The van der Waals surface area contributed by atoms with Gasteiger partial charge in [0.15, 0.2) is 0 Å². The topological polar surface area (TPSA) is 17.1 Å². The number of carbonyl (C=O) groups excluding carboxylic acids is 1. The van der Waals surface area contributed by atoms with Crippen molar-refractivity contribution in [3.63, 3.8) is 0 Å². The molecule has 1 aliphatic rings. The summed E-state index contributed by atoms with van der Waals surface area (Å²) < 4.78 is 3.24. The van der Waals surface area contributed by atoms with E-state index in [0.29, 0.717) is 0 Å². The summed E-state index contributed by atoms with van der Waals surface area (Å²) >= 11 is -0.410. The van der Waals surface area contributed by atoms with Gasteiger partial charge in [-0.25, -0.2) is 0 Å². The van der Waals surface area contributed by atoms with Gasteiger partial charge in [-0.1, -0.05) is 0 Å². The number of hydrogen-bond acceptors (Lipinski definition) is 1. The third kappa shape index (κ3) is 3.38. The molecule has 6 radical (unpaired) electrons. The van der Waals surface area contributed by atoms with E-state index in [1.807, 2.05) is 6.08 Å². The van der Waals surface area contributed by atoms with Crippen LogP contribution in [0.5, 0.6) is 0 Å². The fourth-order valence-electron chi connectivity index (χ4n) is 0.230. The van der Waals surface area contributed by atoms with Crippen molar-refractivity contribution >= 4 is 69.4 Å². The zero-order chi connectivity index (χ0) is 4.41. The minimum Gasteiger partial charge on any atom is 0 e. The van der Waals surface area contributed by atoms with Crippen molar-refractivity contribution in [2.45, 2.75) is 0 Å². The number of rotatable bonds is 1. The quantitative estimate of drug-likeness (QED) is 0.419. The Morgan fingerprint density at radius 1 is 1.62 bits per heavy atom. The Bertz CT molecular complexity index is 128. The van der Waals surface area contributed by atoms with Gasteiger partial charge in [-0.3, -0.25) is 0 Å². The van der Waals surface area contributed by atoms with Crippen molar-refractivity contribution in [2.75, 3.05) is 0 Å². The molecule has 1 nitrogen and oxygen atoms in total. The molecule has 0 N–H and O–H groups in total. The van der Waals surface area contributed by atoms with E-state index in [0.717, 1.165) is 9.49 Å². The van der Waals surface area contributed by atoms with E-state index >= 15 is 0 Å². The first-order valence-corrected chi connectivity index (χ1v) is 5.37. The Kier molecular flexibility index (Phi) is 9.72. The van der Waals surface area contributed by atoms with E-state index in [1.165, 1.54) is 0 Å². The molecule has 0 amide bonds. The second-order valence-corrected chi connectivity index (χ2v) is 5.16. The molecular weight excluding hydrogens is 370 g/mol. The number of carbonyl (C=O) groups is 1. The summed E-state index contributed by atoms with van der Waals surface area (Å²) in [5.41, 5.74) is 0. The molecule has 0 aromatic carbocycles. The maximum atomic E-state index is 9.74. The minimum atomic E-state index is -0.410. The maximum Gasteiger partial charge on any atom is 0 e. The summed E-state index contributed by atoms with van der Waals surface area (Å²) in [6.07, 6.45) is 2.88. The van der Waals surface area contributed by atoms with Crippen LogP contribution < -0.4 is 0 Å². The Morgan fingerprint density at radius 2 is 2.12 bits per heavy atom. The van der Waals surface area contributed by atoms with Gasteiger partial charge in [0.05, 0.1) is 0 Å². The molecule has 0 spiro atoms. The molecule has 1 heterocycles. The van der Waals surface area contributed by atoms with Crippen LogP contribution in [0.15, 0.2) is 9.86 Å². The van der Waals surface area contributed by atoms with Crippen LogP contribution in [0.4, 0.5) is 0 Å². The van der Waals surface area contributed by atoms with E-state index in [2.05, 4.69) is 3.78 Å². The number of allylic oxidation sites excluding steroid dienone is 1. The van der Waals surface area contributed by atoms with E-state index in [-0.39, 0.29) is 37.2 Å². The van der Waals surface area contributed by atoms with Crippen LogP contribution in [-0.2, 0) is 4.79 Å². The van der Waals surface area contributed by atoms with Gasteiger partial charge in [0, 0.05) is 37.2 Å². The average Bonchev–Trinajstić information content (AvgIpc) is 1.31. The van der Waals surface area contributed by atoms with Gasteiger partial charge < -0.3 is 0 Å². The molecule has 1 aliphatic heterocycles. The summed E-state index contributed by atoms with van der Waals surface area (Å²) in [4.78, 5) is 9.74. The van der Waals surface area contributed by atoms with Crippen molar-refractivity contribution < 1.29 is 4.79 Å². The summed E-state index contributed by atoms with van der Waals surface area (Å²) in [5, 5.41) is 0. The molecular formula is C4H3AlBiGaO. The van der Waals surface area contributed by atoms with Crippen molar-refractivity contribution in [1.82, 2.24) is 0 Å². The minimum absolute atomic E-state index is 0. The van der Waals surface area contributed by atoms with Crippen LogP contribution in [0.3, 0.4) is 0 Å². The molecule has 1 rings (SSSR count). The fourth-order valence-corrected chi connectivity index (χ4v) is 1.72. The Hall–Kier alpha value is 1.33. The van der Waals surface area contributed by atoms with E-state index in [9.17, 15) is 4.79 Å². The molecule has 0 saturated carbocycles. The predicted molar refractivity (Wildman–Crippen MR) is 37.5 cm³/mol. The summed E-state index contributed by atoms with van der Waals surface area (Å²) in [5.74, 6) is 0. The van der Waals surface area contributed by atoms with Gasteiger partial charge in [0.1, 0.15) is 0 Å². The largest absolute Gasteiger partial charge is 0 e. The number of aldehydes is 1. The molecule has 0 saturated heterocycles. The molecule has 0 atom stereocenters. The van der Waals surface area contributed by atoms with Gasteiger partial charge in [0.2, 0.25) is 0 Å². The molecule has 0 bridgehead atoms. The van der Waals surface area contributed by atoms with Crippen molar-refractivity contribution in [3.8, 4) is 0 Å². The smallest absolute Gasteiger partial charge is 0 e. The SMILES string of the molecule is O=C[C]1=[Bi][CH]=C1.[Al].[Ga]. The molecule has 0 aliphatic carbocycles. The molecule has 0 unspecified atom stereocenters. The van der Waals surface area contributed by atoms with Crippen LogP contribution in [0, 0.1) is 0 Å². The van der Waals surface area contributed by atoms with Gasteiger partial charge in [0.25, 0.3) is 0 Å². The van der Waals surface area contributed by atoms with Crippen molar-refractivity contribution in [3.05, 3.63) is 9.86 Å². The normalized spacial score (nSPS) is 11.8. The van der Waals surface area contributed by atoms with Crippen molar-refractivity contribution in [1.29, 1.82) is 0 Å². The van der Waals surface area contributed by atoms with Gasteiger partial charge >= 0.3 is 46.9 Å². The molecule has 0 aromatic rings. The van der Waals surface area contributed by atoms with Crippen LogP contribution in [0.2, 0.25) is 0 Å². The number of hydrogen-bond donors (Lipinski definition) is 0. The monoisotopic (exact) mass is 372 g/mol. The van der Waals surface area contributed by atoms with E-state index in [4.69, 9.17) is 0 Å².